The van der Waals surface area contributed by atoms with Crippen LogP contribution >= 0.6 is 0 Å². The first-order chi connectivity index (χ1) is 14.9. The van der Waals surface area contributed by atoms with E-state index in [-0.39, 0.29) is 23.3 Å². The number of carbonyl (C=O) groups excluding carboxylic acids is 2. The van der Waals surface area contributed by atoms with Crippen molar-refractivity contribution in [2.24, 2.45) is 11.8 Å². The van der Waals surface area contributed by atoms with Crippen LogP contribution in [0.4, 0.5) is 0 Å². The number of esters is 1. The van der Waals surface area contributed by atoms with E-state index in [1.165, 1.54) is 51.5 Å². The van der Waals surface area contributed by atoms with Crippen molar-refractivity contribution in [2.45, 2.75) is 77.0 Å². The smallest absolute Gasteiger partial charge is 0.328 e. The number of aromatic nitrogens is 1. The van der Waals surface area contributed by atoms with Crippen molar-refractivity contribution in [2.75, 3.05) is 13.7 Å². The number of hydrogen-bond acceptors (Lipinski definition) is 7. The number of hydrogen-bond donors (Lipinski definition) is 2. The minimum absolute atomic E-state index is 0.128. The Morgan fingerprint density at radius 2 is 1.90 bits per heavy atom. The van der Waals surface area contributed by atoms with Crippen LogP contribution < -0.4 is 10.1 Å². The molecule has 1 amide bonds. The Bertz CT molecular complexity index is 760. The van der Waals surface area contributed by atoms with Crippen molar-refractivity contribution in [1.29, 1.82) is 0 Å². The highest BCUT2D eigenvalue weighted by molar-refractivity contribution is 5.97. The molecule has 0 spiro atoms. The van der Waals surface area contributed by atoms with Crippen LogP contribution in [0.2, 0.25) is 0 Å². The third-order valence-corrected chi connectivity index (χ3v) is 6.12. The van der Waals surface area contributed by atoms with Gasteiger partial charge in [0.1, 0.15) is 12.1 Å². The minimum Gasteiger partial charge on any atom is -0.503 e. The fourth-order valence-electron chi connectivity index (χ4n) is 4.09. The Morgan fingerprint density at radius 1 is 1.19 bits per heavy atom. The molecule has 31 heavy (non-hydrogen) atoms. The average Bonchev–Trinajstić information content (AvgIpc) is 3.59. The van der Waals surface area contributed by atoms with E-state index in [2.05, 4.69) is 10.3 Å². The Balaban J connectivity index is 1.57. The quantitative estimate of drug-likeness (QED) is 0.545. The van der Waals surface area contributed by atoms with Gasteiger partial charge >= 0.3 is 5.97 Å². The van der Waals surface area contributed by atoms with Crippen LogP contribution in [0.25, 0.3) is 0 Å². The molecule has 8 nitrogen and oxygen atoms in total. The summed E-state index contributed by atoms with van der Waals surface area (Å²) in [6, 6.07) is 0.538. The Kier molecular flexibility index (Phi) is 8.12. The Labute approximate surface area is 183 Å². The van der Waals surface area contributed by atoms with Gasteiger partial charge in [0.15, 0.2) is 17.2 Å². The standard InChI is InChI=1S/C23H34N2O6/c1-14(25-22(27)19-20(26)18(29-3)11-12-24-19)23(28)31-15(2)21(30-13-16-9-10-16)17-7-5-4-6-8-17/h11-12,14-17,21,26H,4-10,13H2,1-3H3,(H,25,27)/t14-,15-,21-/m0/s1. The number of aromatic hydroxyl groups is 1. The molecular weight excluding hydrogens is 400 g/mol. The summed E-state index contributed by atoms with van der Waals surface area (Å²) >= 11 is 0. The lowest BCUT2D eigenvalue weighted by atomic mass is 9.83. The summed E-state index contributed by atoms with van der Waals surface area (Å²) in [6.07, 6.45) is 9.01. The van der Waals surface area contributed by atoms with Gasteiger partial charge in [-0.1, -0.05) is 19.3 Å². The lowest BCUT2D eigenvalue weighted by Crippen LogP contribution is -2.44. The van der Waals surface area contributed by atoms with E-state index in [1.54, 1.807) is 6.92 Å². The summed E-state index contributed by atoms with van der Waals surface area (Å²) in [5.74, 6) is -0.441. The Hall–Kier alpha value is -2.35. The van der Waals surface area contributed by atoms with E-state index < -0.39 is 24.0 Å². The summed E-state index contributed by atoms with van der Waals surface area (Å²) in [7, 11) is 1.38. The number of rotatable bonds is 10. The second kappa shape index (κ2) is 10.8. The monoisotopic (exact) mass is 434 g/mol. The van der Waals surface area contributed by atoms with E-state index >= 15 is 0 Å². The zero-order valence-electron chi connectivity index (χ0n) is 18.6. The van der Waals surface area contributed by atoms with Crippen molar-refractivity contribution < 1.29 is 28.9 Å². The SMILES string of the molecule is COc1ccnc(C(=O)N[C@@H](C)C(=O)O[C@@H](C)[C@H](OCC2CC2)C2CCCCC2)c1O. The molecule has 2 fully saturated rings. The fraction of sp³-hybridized carbons (Fsp3) is 0.696. The summed E-state index contributed by atoms with van der Waals surface area (Å²) in [5.41, 5.74) is -0.208. The fourth-order valence-corrected chi connectivity index (χ4v) is 4.09. The highest BCUT2D eigenvalue weighted by Gasteiger charge is 2.34. The van der Waals surface area contributed by atoms with Crippen molar-refractivity contribution in [1.82, 2.24) is 10.3 Å². The van der Waals surface area contributed by atoms with Gasteiger partial charge in [-0.2, -0.15) is 0 Å². The zero-order valence-corrected chi connectivity index (χ0v) is 18.6. The molecular formula is C23H34N2O6. The predicted octanol–water partition coefficient (Wildman–Crippen LogP) is 3.22. The van der Waals surface area contributed by atoms with E-state index in [0.29, 0.717) is 11.8 Å². The number of carbonyl (C=O) groups is 2. The maximum atomic E-state index is 12.7. The van der Waals surface area contributed by atoms with Crippen molar-refractivity contribution in [3.05, 3.63) is 18.0 Å². The molecule has 0 saturated heterocycles. The van der Waals surface area contributed by atoms with Gasteiger partial charge in [-0.3, -0.25) is 4.79 Å². The molecule has 1 aromatic rings. The summed E-state index contributed by atoms with van der Waals surface area (Å²) in [4.78, 5) is 29.0. The third-order valence-electron chi connectivity index (χ3n) is 6.12. The van der Waals surface area contributed by atoms with Crippen molar-refractivity contribution >= 4 is 11.9 Å². The molecule has 1 heterocycles. The maximum absolute atomic E-state index is 12.7. The van der Waals surface area contributed by atoms with E-state index in [1.807, 2.05) is 6.92 Å². The second-order valence-electron chi connectivity index (χ2n) is 8.69. The number of nitrogens with zero attached hydrogens (tertiary/aromatic N) is 1. The van der Waals surface area contributed by atoms with Gasteiger partial charge in [-0.15, -0.1) is 0 Å². The lowest BCUT2D eigenvalue weighted by molar-refractivity contribution is -0.162. The largest absolute Gasteiger partial charge is 0.503 e. The summed E-state index contributed by atoms with van der Waals surface area (Å²) < 4.78 is 16.9. The lowest BCUT2D eigenvalue weighted by Gasteiger charge is -2.34. The molecule has 0 bridgehead atoms. The molecule has 0 unspecified atom stereocenters. The van der Waals surface area contributed by atoms with E-state index in [9.17, 15) is 14.7 Å². The van der Waals surface area contributed by atoms with Gasteiger partial charge in [0.25, 0.3) is 5.91 Å². The topological polar surface area (TPSA) is 107 Å². The van der Waals surface area contributed by atoms with Crippen LogP contribution in [-0.2, 0) is 14.3 Å². The summed E-state index contributed by atoms with van der Waals surface area (Å²) in [5, 5.41) is 12.6. The number of amides is 1. The van der Waals surface area contributed by atoms with Crippen molar-refractivity contribution in [3.8, 4) is 11.5 Å². The third kappa shape index (κ3) is 6.32. The highest BCUT2D eigenvalue weighted by atomic mass is 16.6. The molecule has 172 valence electrons. The van der Waals surface area contributed by atoms with Crippen molar-refractivity contribution in [3.63, 3.8) is 0 Å². The van der Waals surface area contributed by atoms with E-state index in [0.717, 1.165) is 19.4 Å². The zero-order chi connectivity index (χ0) is 22.4. The number of ether oxygens (including phenoxy) is 3. The summed E-state index contributed by atoms with van der Waals surface area (Å²) in [6.45, 7) is 4.13. The molecule has 0 radical (unpaired) electrons. The molecule has 2 aliphatic rings. The molecule has 2 saturated carbocycles. The second-order valence-corrected chi connectivity index (χ2v) is 8.69. The van der Waals surface area contributed by atoms with Gasteiger partial charge in [0.05, 0.1) is 13.2 Å². The average molecular weight is 435 g/mol. The van der Waals surface area contributed by atoms with Gasteiger partial charge < -0.3 is 24.6 Å². The van der Waals surface area contributed by atoms with Crippen LogP contribution in [0.3, 0.4) is 0 Å². The molecule has 8 heteroatoms. The highest BCUT2D eigenvalue weighted by Crippen LogP contribution is 2.34. The number of nitrogens with one attached hydrogen (secondary N) is 1. The van der Waals surface area contributed by atoms with Crippen LogP contribution in [0.15, 0.2) is 12.3 Å². The van der Waals surface area contributed by atoms with Gasteiger partial charge in [0.2, 0.25) is 0 Å². The van der Waals surface area contributed by atoms with E-state index in [4.69, 9.17) is 14.2 Å². The van der Waals surface area contributed by atoms with Gasteiger partial charge in [0, 0.05) is 18.9 Å². The normalized spacial score (nSPS) is 19.8. The molecule has 1 aromatic heterocycles. The predicted molar refractivity (Wildman–Crippen MR) is 114 cm³/mol. The minimum atomic E-state index is -0.905. The van der Waals surface area contributed by atoms with Crippen LogP contribution in [0, 0.1) is 11.8 Å². The molecule has 0 aliphatic heterocycles. The van der Waals surface area contributed by atoms with Crippen LogP contribution in [0.5, 0.6) is 11.5 Å². The van der Waals surface area contributed by atoms with Gasteiger partial charge in [-0.05, 0) is 51.4 Å². The molecule has 2 N–H and O–H groups in total. The van der Waals surface area contributed by atoms with Crippen LogP contribution in [0.1, 0.15) is 69.3 Å². The maximum Gasteiger partial charge on any atom is 0.328 e. The first-order valence-corrected chi connectivity index (χ1v) is 11.3. The molecule has 3 rings (SSSR count). The molecule has 3 atom stereocenters. The molecule has 2 aliphatic carbocycles. The number of pyridine rings is 1. The first-order valence-electron chi connectivity index (χ1n) is 11.3. The van der Waals surface area contributed by atoms with Gasteiger partial charge in [-0.25, -0.2) is 9.78 Å². The number of methoxy groups -OCH3 is 1. The molecule has 0 aromatic carbocycles. The first kappa shape index (κ1) is 23.3. The van der Waals surface area contributed by atoms with Crippen LogP contribution in [-0.4, -0.2) is 53.9 Å². The Morgan fingerprint density at radius 3 is 2.55 bits per heavy atom.